The summed E-state index contributed by atoms with van der Waals surface area (Å²) in [6.45, 7) is -0.182. The van der Waals surface area contributed by atoms with Crippen LogP contribution in [0.2, 0.25) is 10.0 Å². The van der Waals surface area contributed by atoms with E-state index in [1.165, 1.54) is 0 Å². The Morgan fingerprint density at radius 2 is 1.85 bits per heavy atom. The van der Waals surface area contributed by atoms with Gasteiger partial charge in [-0.3, -0.25) is 4.79 Å². The summed E-state index contributed by atoms with van der Waals surface area (Å²) < 4.78 is 7.81. The molecule has 176 valence electrons. The number of hydrogen-bond donors (Lipinski definition) is 5. The topological polar surface area (TPSA) is 124 Å². The third-order valence-corrected chi connectivity index (χ3v) is 6.86. The summed E-state index contributed by atoms with van der Waals surface area (Å²) in [5.41, 5.74) is 1.94. The van der Waals surface area contributed by atoms with Gasteiger partial charge in [0.15, 0.2) is 6.29 Å². The number of aromatic nitrogens is 1. The van der Waals surface area contributed by atoms with Crippen molar-refractivity contribution < 1.29 is 30.0 Å². The number of benzene rings is 2. The van der Waals surface area contributed by atoms with Gasteiger partial charge in [0.05, 0.1) is 27.7 Å². The first-order valence-corrected chi connectivity index (χ1v) is 11.6. The highest BCUT2D eigenvalue weighted by Gasteiger charge is 2.44. The lowest BCUT2D eigenvalue weighted by molar-refractivity contribution is -0.252. The Morgan fingerprint density at radius 3 is 2.55 bits per heavy atom. The summed E-state index contributed by atoms with van der Waals surface area (Å²) in [4.78, 5) is 13.1. The molecule has 2 heterocycles. The molecule has 8 nitrogen and oxygen atoms in total. The number of aliphatic hydroxyl groups is 4. The highest BCUT2D eigenvalue weighted by molar-refractivity contribution is 9.10. The average molecular weight is 560 g/mol. The van der Waals surface area contributed by atoms with Crippen LogP contribution in [0.15, 0.2) is 47.1 Å². The maximum Gasteiger partial charge on any atom is 0.253 e. The molecule has 1 aliphatic heterocycles. The molecule has 33 heavy (non-hydrogen) atoms. The molecule has 0 radical (unpaired) electrons. The fraction of sp³-hybridized carbons (Fsp3) is 0.318. The second-order valence-electron chi connectivity index (χ2n) is 7.81. The third-order valence-electron chi connectivity index (χ3n) is 5.62. The minimum absolute atomic E-state index is 0.302. The zero-order valence-corrected chi connectivity index (χ0v) is 20.1. The molecule has 4 rings (SSSR count). The molecular weight excluding hydrogens is 539 g/mol. The Kier molecular flexibility index (Phi) is 7.32. The summed E-state index contributed by atoms with van der Waals surface area (Å²) in [6, 6.07) is 9.44. The van der Waals surface area contributed by atoms with Crippen molar-refractivity contribution >= 4 is 55.9 Å². The zero-order valence-electron chi connectivity index (χ0n) is 17.0. The predicted octanol–water partition coefficient (Wildman–Crippen LogP) is 2.29. The molecule has 3 unspecified atom stereocenters. The Labute approximate surface area is 207 Å². The number of rotatable bonds is 5. The smallest absolute Gasteiger partial charge is 0.253 e. The van der Waals surface area contributed by atoms with E-state index in [1.54, 1.807) is 30.5 Å². The first-order chi connectivity index (χ1) is 15.7. The molecule has 11 heteroatoms. The largest absolute Gasteiger partial charge is 0.394 e. The van der Waals surface area contributed by atoms with Crippen molar-refractivity contribution in [2.24, 2.45) is 0 Å². The molecule has 1 amide bonds. The molecule has 1 fully saturated rings. The lowest BCUT2D eigenvalue weighted by atomic mass is 9.96. The number of hydrogen-bond acceptors (Lipinski definition) is 6. The predicted molar refractivity (Wildman–Crippen MR) is 126 cm³/mol. The second kappa shape index (κ2) is 9.89. The van der Waals surface area contributed by atoms with Crippen LogP contribution in [-0.2, 0) is 11.3 Å². The van der Waals surface area contributed by atoms with Crippen molar-refractivity contribution in [1.82, 2.24) is 9.88 Å². The molecule has 1 saturated heterocycles. The van der Waals surface area contributed by atoms with E-state index in [1.807, 2.05) is 16.7 Å². The normalized spacial score (nSPS) is 25.4. The number of nitrogens with zero attached hydrogens (tertiary/aromatic N) is 1. The van der Waals surface area contributed by atoms with Crippen LogP contribution in [0.4, 0.5) is 0 Å². The lowest BCUT2D eigenvalue weighted by Crippen LogP contribution is -2.64. The number of amides is 1. The van der Waals surface area contributed by atoms with Crippen LogP contribution in [0.25, 0.3) is 10.9 Å². The van der Waals surface area contributed by atoms with Gasteiger partial charge in [0.1, 0.15) is 24.4 Å². The van der Waals surface area contributed by atoms with Crippen molar-refractivity contribution in [1.29, 1.82) is 0 Å². The SMILES string of the molecule is O=C(N[C@H]1C(O)OC(CO)[C@@H](O)C1O)c1cn(Cc2ccc(Cl)c(Cl)c2)c2cc(Br)ccc12. The number of carbonyl (C=O) groups excluding carboxylic acids is 1. The van der Waals surface area contributed by atoms with Gasteiger partial charge in [0, 0.05) is 22.6 Å². The molecule has 5 atom stereocenters. The van der Waals surface area contributed by atoms with Crippen LogP contribution >= 0.6 is 39.1 Å². The van der Waals surface area contributed by atoms with Crippen LogP contribution in [-0.4, -0.2) is 68.2 Å². The molecular formula is C22H21BrCl2N2O6. The maximum atomic E-state index is 13.1. The van der Waals surface area contributed by atoms with Gasteiger partial charge in [0.2, 0.25) is 0 Å². The summed E-state index contributed by atoms with van der Waals surface area (Å²) in [6.07, 6.45) is -4.12. The zero-order chi connectivity index (χ0) is 23.9. The molecule has 0 spiro atoms. The number of halogens is 3. The molecule has 1 aromatic heterocycles. The van der Waals surface area contributed by atoms with Gasteiger partial charge in [-0.15, -0.1) is 0 Å². The van der Waals surface area contributed by atoms with E-state index in [4.69, 9.17) is 27.9 Å². The highest BCUT2D eigenvalue weighted by Crippen LogP contribution is 2.28. The fourth-order valence-electron chi connectivity index (χ4n) is 3.89. The van der Waals surface area contributed by atoms with Gasteiger partial charge in [0.25, 0.3) is 5.91 Å². The van der Waals surface area contributed by atoms with Gasteiger partial charge < -0.3 is 35.0 Å². The maximum absolute atomic E-state index is 13.1. The van der Waals surface area contributed by atoms with Crippen LogP contribution in [0, 0.1) is 0 Å². The van der Waals surface area contributed by atoms with Gasteiger partial charge >= 0.3 is 0 Å². The summed E-state index contributed by atoms with van der Waals surface area (Å²) in [5, 5.41) is 43.9. The van der Waals surface area contributed by atoms with E-state index >= 15 is 0 Å². The number of carbonyl (C=O) groups is 1. The molecule has 0 saturated carbocycles. The molecule has 2 aromatic carbocycles. The highest BCUT2D eigenvalue weighted by atomic mass is 79.9. The Bertz CT molecular complexity index is 1190. The van der Waals surface area contributed by atoms with Gasteiger partial charge in [-0.2, -0.15) is 0 Å². The summed E-state index contributed by atoms with van der Waals surface area (Å²) in [5.74, 6) is -0.573. The van der Waals surface area contributed by atoms with Crippen molar-refractivity contribution in [3.8, 4) is 0 Å². The monoisotopic (exact) mass is 558 g/mol. The Morgan fingerprint density at radius 1 is 1.09 bits per heavy atom. The van der Waals surface area contributed by atoms with Gasteiger partial charge in [-0.05, 0) is 29.8 Å². The Balaban J connectivity index is 1.65. The van der Waals surface area contributed by atoms with Crippen molar-refractivity contribution in [2.75, 3.05) is 6.61 Å². The van der Waals surface area contributed by atoms with Crippen LogP contribution in [0.1, 0.15) is 15.9 Å². The van der Waals surface area contributed by atoms with E-state index in [-0.39, 0.29) is 0 Å². The number of nitrogens with one attached hydrogen (secondary N) is 1. The molecule has 3 aromatic rings. The summed E-state index contributed by atoms with van der Waals surface area (Å²) >= 11 is 15.6. The van der Waals surface area contributed by atoms with E-state index < -0.39 is 43.2 Å². The van der Waals surface area contributed by atoms with Gasteiger partial charge in [-0.1, -0.05) is 51.3 Å². The molecule has 5 N–H and O–H groups in total. The molecule has 0 bridgehead atoms. The lowest BCUT2D eigenvalue weighted by Gasteiger charge is -2.40. The second-order valence-corrected chi connectivity index (χ2v) is 9.54. The van der Waals surface area contributed by atoms with Crippen molar-refractivity contribution in [2.45, 2.75) is 37.2 Å². The fourth-order valence-corrected chi connectivity index (χ4v) is 4.56. The van der Waals surface area contributed by atoms with E-state index in [9.17, 15) is 25.2 Å². The average Bonchev–Trinajstić information content (AvgIpc) is 3.13. The molecule has 1 aliphatic rings. The molecule has 0 aliphatic carbocycles. The minimum Gasteiger partial charge on any atom is -0.394 e. The first kappa shape index (κ1) is 24.4. The van der Waals surface area contributed by atoms with Crippen LogP contribution < -0.4 is 5.32 Å². The first-order valence-electron chi connectivity index (χ1n) is 10.0. The number of fused-ring (bicyclic) bond motifs is 1. The van der Waals surface area contributed by atoms with Gasteiger partial charge in [-0.25, -0.2) is 0 Å². The van der Waals surface area contributed by atoms with E-state index in [0.717, 1.165) is 15.6 Å². The summed E-state index contributed by atoms with van der Waals surface area (Å²) in [7, 11) is 0. The Hall–Kier alpha value is -1.69. The van der Waals surface area contributed by atoms with Crippen LogP contribution in [0.3, 0.4) is 0 Å². The minimum atomic E-state index is -1.61. The quantitative estimate of drug-likeness (QED) is 0.327. The van der Waals surface area contributed by atoms with Crippen molar-refractivity contribution in [3.05, 3.63) is 68.2 Å². The number of ether oxygens (including phenoxy) is 1. The van der Waals surface area contributed by atoms with E-state index in [2.05, 4.69) is 21.2 Å². The van der Waals surface area contributed by atoms with Crippen molar-refractivity contribution in [3.63, 3.8) is 0 Å². The number of aliphatic hydroxyl groups excluding tert-OH is 4. The van der Waals surface area contributed by atoms with Crippen LogP contribution in [0.5, 0.6) is 0 Å². The standard InChI is InChI=1S/C22H21BrCl2N2O6/c23-11-2-3-12-13(21(31)26-18-20(30)19(29)17(9-28)33-22(18)32)8-27(16(12)6-11)7-10-1-4-14(24)15(25)5-10/h1-6,8,17-20,22,28-30,32H,7,9H2,(H,26,31)/t17?,18-,19-,20?,22?/m1/s1. The third kappa shape index (κ3) is 4.91. The van der Waals surface area contributed by atoms with E-state index in [0.29, 0.717) is 27.5 Å².